The number of esters is 2. The second kappa shape index (κ2) is 14.6. The molecule has 3 rings (SSSR count). The predicted molar refractivity (Wildman–Crippen MR) is 147 cm³/mol. The van der Waals surface area contributed by atoms with Gasteiger partial charge in [0.25, 0.3) is 0 Å². The normalized spacial score (nSPS) is 14.9. The summed E-state index contributed by atoms with van der Waals surface area (Å²) in [6.07, 6.45) is 11.1. The Morgan fingerprint density at radius 2 is 1.59 bits per heavy atom. The van der Waals surface area contributed by atoms with Gasteiger partial charge in [-0.1, -0.05) is 72.8 Å². The molecule has 0 aliphatic carbocycles. The van der Waals surface area contributed by atoms with E-state index in [1.54, 1.807) is 19.9 Å². The topological polar surface area (TPSA) is 68.0 Å². The maximum absolute atomic E-state index is 13.0. The fraction of sp³-hybridized carbons (Fsp3) is 0.355. The molecule has 1 saturated heterocycles. The lowest BCUT2D eigenvalue weighted by atomic mass is 9.80. The van der Waals surface area contributed by atoms with Gasteiger partial charge in [0.2, 0.25) is 0 Å². The number of rotatable bonds is 14. The summed E-state index contributed by atoms with van der Waals surface area (Å²) in [5.41, 5.74) is 3.93. The molecule has 1 fully saturated rings. The molecule has 1 atom stereocenters. The van der Waals surface area contributed by atoms with Crippen molar-refractivity contribution in [2.45, 2.75) is 45.6 Å². The number of nitrogens with zero attached hydrogens (tertiary/aromatic N) is 2. The lowest BCUT2D eigenvalue weighted by molar-refractivity contribution is -0.171. The molecule has 0 radical (unpaired) electrons. The zero-order valence-electron chi connectivity index (χ0n) is 21.7. The van der Waals surface area contributed by atoms with Crippen LogP contribution < -0.4 is 0 Å². The average Bonchev–Trinajstić information content (AvgIpc) is 3.70. The first-order valence-electron chi connectivity index (χ1n) is 12.9. The molecule has 0 saturated carbocycles. The van der Waals surface area contributed by atoms with Crippen molar-refractivity contribution in [1.29, 1.82) is 0 Å². The van der Waals surface area contributed by atoms with Crippen LogP contribution >= 0.6 is 0 Å². The molecule has 6 heteroatoms. The number of hydrogen-bond donors (Lipinski definition) is 0. The minimum atomic E-state index is -1.45. The molecular formula is C31H36N2O4. The van der Waals surface area contributed by atoms with E-state index < -0.39 is 17.4 Å². The van der Waals surface area contributed by atoms with Gasteiger partial charge in [-0.2, -0.15) is 5.10 Å². The summed E-state index contributed by atoms with van der Waals surface area (Å²) in [5.74, 6) is -1.16. The van der Waals surface area contributed by atoms with Crippen LogP contribution in [0.25, 0.3) is 6.08 Å². The van der Waals surface area contributed by atoms with E-state index in [0.29, 0.717) is 6.04 Å². The Balaban J connectivity index is 1.59. The van der Waals surface area contributed by atoms with Gasteiger partial charge in [-0.15, -0.1) is 5.73 Å². The molecule has 1 heterocycles. The maximum Gasteiger partial charge on any atom is 0.324 e. The molecule has 194 valence electrons. The standard InChI is InChI=1S/C31H36N2O4/c1-3-36-29(34)31(30(35)37-4-2,23-16-19-26-17-10-8-11-18-26)22-14-6-5-7-15-24-32-33-25-28(33)27-20-12-9-13-21-27/h5,8-14,16-21,24,28H,3-4,7,15,22-23,25H2,1-2H3/b19-16-,32-24+. The lowest BCUT2D eigenvalue weighted by Crippen LogP contribution is -2.41. The summed E-state index contributed by atoms with van der Waals surface area (Å²) >= 11 is 0. The highest BCUT2D eigenvalue weighted by atomic mass is 16.6. The molecule has 0 amide bonds. The Hall–Kier alpha value is -3.89. The van der Waals surface area contributed by atoms with Crippen molar-refractivity contribution in [3.8, 4) is 0 Å². The first-order valence-corrected chi connectivity index (χ1v) is 12.9. The molecular weight excluding hydrogens is 464 g/mol. The summed E-state index contributed by atoms with van der Waals surface area (Å²) < 4.78 is 10.6. The van der Waals surface area contributed by atoms with Crippen LogP contribution in [0.2, 0.25) is 0 Å². The van der Waals surface area contributed by atoms with Crippen LogP contribution in [0.1, 0.15) is 56.7 Å². The van der Waals surface area contributed by atoms with E-state index in [0.717, 1.165) is 24.9 Å². The van der Waals surface area contributed by atoms with E-state index in [1.807, 2.05) is 73.0 Å². The minimum absolute atomic E-state index is 0.140. The van der Waals surface area contributed by atoms with Crippen LogP contribution in [-0.4, -0.2) is 42.9 Å². The number of hydrazone groups is 1. The number of unbranched alkanes of at least 4 members (excludes halogenated alkanes) is 1. The smallest absolute Gasteiger partial charge is 0.324 e. The Morgan fingerprint density at radius 1 is 0.946 bits per heavy atom. The van der Waals surface area contributed by atoms with Crippen LogP contribution in [0, 0.1) is 5.41 Å². The fourth-order valence-corrected chi connectivity index (χ4v) is 3.93. The number of allylic oxidation sites excluding steroid dienone is 2. The summed E-state index contributed by atoms with van der Waals surface area (Å²) in [6.45, 7) is 4.77. The van der Waals surface area contributed by atoms with Gasteiger partial charge < -0.3 is 9.47 Å². The van der Waals surface area contributed by atoms with Crippen LogP contribution in [-0.2, 0) is 19.1 Å². The molecule has 1 aliphatic heterocycles. The Kier molecular flexibility index (Phi) is 10.9. The third kappa shape index (κ3) is 8.33. The molecule has 0 spiro atoms. The van der Waals surface area contributed by atoms with Crippen molar-refractivity contribution in [1.82, 2.24) is 5.01 Å². The summed E-state index contributed by atoms with van der Waals surface area (Å²) in [5, 5.41) is 6.58. The van der Waals surface area contributed by atoms with E-state index in [9.17, 15) is 9.59 Å². The van der Waals surface area contributed by atoms with Gasteiger partial charge >= 0.3 is 11.9 Å². The van der Waals surface area contributed by atoms with Crippen molar-refractivity contribution < 1.29 is 19.1 Å². The lowest BCUT2D eigenvalue weighted by Gasteiger charge is -2.26. The predicted octanol–water partition coefficient (Wildman–Crippen LogP) is 6.13. The van der Waals surface area contributed by atoms with Crippen LogP contribution in [0.5, 0.6) is 0 Å². The number of hydrogen-bond acceptors (Lipinski definition) is 6. The second-order valence-electron chi connectivity index (χ2n) is 8.74. The molecule has 0 N–H and O–H groups in total. The number of carbonyl (C=O) groups excluding carboxylic acids is 2. The largest absolute Gasteiger partial charge is 0.465 e. The van der Waals surface area contributed by atoms with Gasteiger partial charge in [0.05, 0.1) is 25.8 Å². The molecule has 2 aromatic carbocycles. The number of carbonyl (C=O) groups is 2. The van der Waals surface area contributed by atoms with Crippen molar-refractivity contribution >= 4 is 24.2 Å². The SMILES string of the molecule is CCOC(=O)C(CC=C=CCC/C=N/N1CC1c1ccccc1)(C/C=C\c1ccccc1)C(=O)OCC. The highest BCUT2D eigenvalue weighted by molar-refractivity contribution is 6.00. The quantitative estimate of drug-likeness (QED) is 0.0780. The van der Waals surface area contributed by atoms with Crippen molar-refractivity contribution in [3.63, 3.8) is 0 Å². The van der Waals surface area contributed by atoms with Crippen LogP contribution in [0.15, 0.2) is 89.7 Å². The van der Waals surface area contributed by atoms with Crippen LogP contribution in [0.4, 0.5) is 0 Å². The van der Waals surface area contributed by atoms with Gasteiger partial charge in [0.15, 0.2) is 5.41 Å². The molecule has 0 aromatic heterocycles. The minimum Gasteiger partial charge on any atom is -0.465 e. The third-order valence-corrected chi connectivity index (χ3v) is 6.04. The second-order valence-corrected chi connectivity index (χ2v) is 8.74. The summed E-state index contributed by atoms with van der Waals surface area (Å²) in [6, 6.07) is 20.5. The first kappa shape index (κ1) is 27.7. The zero-order valence-corrected chi connectivity index (χ0v) is 21.7. The van der Waals surface area contributed by atoms with Gasteiger partial charge in [-0.3, -0.25) is 14.6 Å². The highest BCUT2D eigenvalue weighted by Gasteiger charge is 2.47. The van der Waals surface area contributed by atoms with Gasteiger partial charge in [-0.05, 0) is 62.8 Å². The monoisotopic (exact) mass is 500 g/mol. The van der Waals surface area contributed by atoms with E-state index in [4.69, 9.17) is 9.47 Å². The summed E-state index contributed by atoms with van der Waals surface area (Å²) in [7, 11) is 0. The van der Waals surface area contributed by atoms with Gasteiger partial charge in [0, 0.05) is 6.21 Å². The van der Waals surface area contributed by atoms with Crippen molar-refractivity contribution in [3.05, 3.63) is 95.7 Å². The van der Waals surface area contributed by atoms with E-state index in [2.05, 4.69) is 28.0 Å². The Labute approximate surface area is 220 Å². The van der Waals surface area contributed by atoms with Gasteiger partial charge in [0.1, 0.15) is 0 Å². The average molecular weight is 501 g/mol. The fourth-order valence-electron chi connectivity index (χ4n) is 3.93. The zero-order chi connectivity index (χ0) is 26.3. The molecule has 1 unspecified atom stereocenters. The van der Waals surface area contributed by atoms with E-state index in [-0.39, 0.29) is 26.1 Å². The third-order valence-electron chi connectivity index (χ3n) is 6.04. The van der Waals surface area contributed by atoms with Crippen molar-refractivity contribution in [2.75, 3.05) is 19.8 Å². The first-order chi connectivity index (χ1) is 18.1. The number of ether oxygens (including phenoxy) is 2. The molecule has 2 aromatic rings. The Bertz CT molecular complexity index is 1100. The molecule has 1 aliphatic rings. The van der Waals surface area contributed by atoms with Gasteiger partial charge in [-0.25, -0.2) is 0 Å². The highest BCUT2D eigenvalue weighted by Crippen LogP contribution is 2.34. The molecule has 6 nitrogen and oxygen atoms in total. The Morgan fingerprint density at radius 3 is 2.24 bits per heavy atom. The summed E-state index contributed by atoms with van der Waals surface area (Å²) in [4.78, 5) is 26.0. The maximum atomic E-state index is 13.0. The number of benzene rings is 2. The molecule has 37 heavy (non-hydrogen) atoms. The van der Waals surface area contributed by atoms with E-state index in [1.165, 1.54) is 5.56 Å². The van der Waals surface area contributed by atoms with Crippen molar-refractivity contribution in [2.24, 2.45) is 10.5 Å². The van der Waals surface area contributed by atoms with E-state index >= 15 is 0 Å². The van der Waals surface area contributed by atoms with Crippen LogP contribution in [0.3, 0.4) is 0 Å². The molecule has 0 bridgehead atoms.